The van der Waals surface area contributed by atoms with Crippen LogP contribution in [0.3, 0.4) is 0 Å². The molecular weight excluding hydrogens is 412 g/mol. The van der Waals surface area contributed by atoms with E-state index in [1.807, 2.05) is 53.4 Å². The van der Waals surface area contributed by atoms with Gasteiger partial charge in [-0.15, -0.1) is 0 Å². The van der Waals surface area contributed by atoms with Gasteiger partial charge in [0.05, 0.1) is 23.6 Å². The van der Waals surface area contributed by atoms with Gasteiger partial charge in [-0.2, -0.15) is 5.10 Å². The number of carbonyl (C=O) groups is 1. The molecule has 0 radical (unpaired) electrons. The van der Waals surface area contributed by atoms with Crippen molar-refractivity contribution >= 4 is 6.09 Å². The van der Waals surface area contributed by atoms with Gasteiger partial charge in [-0.25, -0.2) is 9.48 Å². The Bertz CT molecular complexity index is 1080. The predicted octanol–water partition coefficient (Wildman–Crippen LogP) is 4.80. The minimum atomic E-state index is -0.253. The Kier molecular flexibility index (Phi) is 6.44. The van der Waals surface area contributed by atoms with Gasteiger partial charge in [-0.05, 0) is 43.0 Å². The topological polar surface area (TPSA) is 50.6 Å². The SMILES string of the molecule is CCN1CCc2c(c(CN(CC3CC3)C(=O)OCc3ccccc3)nn2-c2ccccc2)C1. The van der Waals surface area contributed by atoms with Crippen molar-refractivity contribution in [3.63, 3.8) is 0 Å². The Balaban J connectivity index is 1.40. The summed E-state index contributed by atoms with van der Waals surface area (Å²) in [6.07, 6.45) is 3.08. The predicted molar refractivity (Wildman–Crippen MR) is 128 cm³/mol. The van der Waals surface area contributed by atoms with E-state index in [-0.39, 0.29) is 6.09 Å². The minimum absolute atomic E-state index is 0.253. The third-order valence-corrected chi connectivity index (χ3v) is 6.65. The van der Waals surface area contributed by atoms with Crippen LogP contribution in [0.25, 0.3) is 5.69 Å². The summed E-state index contributed by atoms with van der Waals surface area (Å²) in [5.74, 6) is 0.577. The number of para-hydroxylation sites is 1. The first kappa shape index (κ1) is 21.7. The summed E-state index contributed by atoms with van der Waals surface area (Å²) in [5.41, 5.74) is 5.60. The first-order valence-corrected chi connectivity index (χ1v) is 12.0. The van der Waals surface area contributed by atoms with Gasteiger partial charge in [-0.1, -0.05) is 55.5 Å². The summed E-state index contributed by atoms with van der Waals surface area (Å²) in [6.45, 7) is 6.65. The second kappa shape index (κ2) is 9.79. The molecule has 6 nitrogen and oxygen atoms in total. The van der Waals surface area contributed by atoms with Crippen molar-refractivity contribution in [2.45, 2.75) is 45.9 Å². The van der Waals surface area contributed by atoms with Gasteiger partial charge < -0.3 is 9.64 Å². The van der Waals surface area contributed by atoms with Crippen LogP contribution in [0.15, 0.2) is 60.7 Å². The molecule has 1 aliphatic heterocycles. The van der Waals surface area contributed by atoms with Crippen molar-refractivity contribution < 1.29 is 9.53 Å². The third kappa shape index (κ3) is 5.11. The fourth-order valence-electron chi connectivity index (χ4n) is 4.53. The van der Waals surface area contributed by atoms with Gasteiger partial charge in [0.25, 0.3) is 0 Å². The van der Waals surface area contributed by atoms with Crippen molar-refractivity contribution in [3.8, 4) is 5.69 Å². The smallest absolute Gasteiger partial charge is 0.410 e. The lowest BCUT2D eigenvalue weighted by molar-refractivity contribution is 0.0912. The van der Waals surface area contributed by atoms with Crippen molar-refractivity contribution in [3.05, 3.63) is 83.2 Å². The molecule has 0 spiro atoms. The van der Waals surface area contributed by atoms with Gasteiger partial charge in [-0.3, -0.25) is 4.90 Å². The standard InChI is InChI=1S/C27H32N4O2/c1-2-29-16-15-26-24(18-29)25(28-31(26)23-11-7-4-8-12-23)19-30(17-21-13-14-21)27(32)33-20-22-9-5-3-6-10-22/h3-12,21H,2,13-20H2,1H3. The quantitative estimate of drug-likeness (QED) is 0.501. The molecule has 5 rings (SSSR count). The molecule has 2 aromatic carbocycles. The molecule has 33 heavy (non-hydrogen) atoms. The van der Waals surface area contributed by atoms with Crippen LogP contribution in [0.5, 0.6) is 0 Å². The van der Waals surface area contributed by atoms with Crippen molar-refractivity contribution in [1.29, 1.82) is 0 Å². The molecule has 2 heterocycles. The zero-order valence-corrected chi connectivity index (χ0v) is 19.3. The number of likely N-dealkylation sites (N-methyl/N-ethyl adjacent to an activating group) is 1. The first-order valence-electron chi connectivity index (χ1n) is 12.0. The lowest BCUT2D eigenvalue weighted by Crippen LogP contribution is -2.34. The molecule has 3 aromatic rings. The molecule has 0 unspecified atom stereocenters. The first-order chi connectivity index (χ1) is 16.2. The molecular formula is C27H32N4O2. The van der Waals surface area contributed by atoms with E-state index < -0.39 is 0 Å². The van der Waals surface area contributed by atoms with Crippen molar-refractivity contribution in [1.82, 2.24) is 19.6 Å². The summed E-state index contributed by atoms with van der Waals surface area (Å²) < 4.78 is 7.80. The maximum absolute atomic E-state index is 13.1. The van der Waals surface area contributed by atoms with Crippen molar-refractivity contribution in [2.75, 3.05) is 19.6 Å². The molecule has 1 aromatic heterocycles. The minimum Gasteiger partial charge on any atom is -0.445 e. The third-order valence-electron chi connectivity index (χ3n) is 6.65. The summed E-state index contributed by atoms with van der Waals surface area (Å²) in [7, 11) is 0. The van der Waals surface area contributed by atoms with Crippen LogP contribution in [-0.2, 0) is 30.9 Å². The molecule has 0 saturated heterocycles. The fraction of sp³-hybridized carbons (Fsp3) is 0.407. The molecule has 1 saturated carbocycles. The molecule has 2 aliphatic rings. The molecule has 0 bridgehead atoms. The number of nitrogens with zero attached hydrogens (tertiary/aromatic N) is 4. The Labute approximate surface area is 195 Å². The second-order valence-corrected chi connectivity index (χ2v) is 9.10. The molecule has 1 aliphatic carbocycles. The van der Waals surface area contributed by atoms with E-state index in [0.717, 1.165) is 49.5 Å². The van der Waals surface area contributed by atoms with Gasteiger partial charge >= 0.3 is 6.09 Å². The maximum atomic E-state index is 13.1. The summed E-state index contributed by atoms with van der Waals surface area (Å²) in [6, 6.07) is 20.2. The number of carbonyl (C=O) groups excluding carboxylic acids is 1. The Morgan fingerprint density at radius 1 is 1.09 bits per heavy atom. The molecule has 6 heteroatoms. The second-order valence-electron chi connectivity index (χ2n) is 9.10. The molecule has 0 N–H and O–H groups in total. The van der Waals surface area contributed by atoms with E-state index in [2.05, 4.69) is 28.6 Å². The number of hydrogen-bond donors (Lipinski definition) is 0. The molecule has 1 fully saturated rings. The van der Waals surface area contributed by atoms with E-state index in [1.54, 1.807) is 0 Å². The number of hydrogen-bond acceptors (Lipinski definition) is 4. The van der Waals surface area contributed by atoms with Crippen LogP contribution in [0, 0.1) is 5.92 Å². The Morgan fingerprint density at radius 2 is 1.82 bits per heavy atom. The highest BCUT2D eigenvalue weighted by Gasteiger charge is 2.31. The highest BCUT2D eigenvalue weighted by molar-refractivity contribution is 5.67. The van der Waals surface area contributed by atoms with Gasteiger partial charge in [0, 0.05) is 31.6 Å². The van der Waals surface area contributed by atoms with Crippen LogP contribution in [-0.4, -0.2) is 45.3 Å². The zero-order chi connectivity index (χ0) is 22.6. The molecule has 1 amide bonds. The van der Waals surface area contributed by atoms with E-state index in [0.29, 0.717) is 19.1 Å². The highest BCUT2D eigenvalue weighted by Crippen LogP contribution is 2.32. The highest BCUT2D eigenvalue weighted by atomic mass is 16.6. The monoisotopic (exact) mass is 444 g/mol. The van der Waals surface area contributed by atoms with Crippen LogP contribution < -0.4 is 0 Å². The number of fused-ring (bicyclic) bond motifs is 1. The Hall–Kier alpha value is -3.12. The average Bonchev–Trinajstić information content (AvgIpc) is 3.62. The van der Waals surface area contributed by atoms with E-state index in [4.69, 9.17) is 9.84 Å². The van der Waals surface area contributed by atoms with Crippen LogP contribution in [0.4, 0.5) is 4.79 Å². The van der Waals surface area contributed by atoms with E-state index in [9.17, 15) is 4.79 Å². The zero-order valence-electron chi connectivity index (χ0n) is 19.3. The van der Waals surface area contributed by atoms with Crippen LogP contribution in [0.1, 0.15) is 42.3 Å². The molecule has 0 atom stereocenters. The summed E-state index contributed by atoms with van der Waals surface area (Å²) in [5, 5.41) is 5.04. The van der Waals surface area contributed by atoms with Crippen LogP contribution in [0.2, 0.25) is 0 Å². The van der Waals surface area contributed by atoms with E-state index in [1.165, 1.54) is 24.1 Å². The Morgan fingerprint density at radius 3 is 2.52 bits per heavy atom. The lowest BCUT2D eigenvalue weighted by Gasteiger charge is -2.27. The van der Waals surface area contributed by atoms with Crippen LogP contribution >= 0.6 is 0 Å². The summed E-state index contributed by atoms with van der Waals surface area (Å²) in [4.78, 5) is 17.4. The van der Waals surface area contributed by atoms with E-state index >= 15 is 0 Å². The largest absolute Gasteiger partial charge is 0.445 e. The number of rotatable bonds is 8. The van der Waals surface area contributed by atoms with Gasteiger partial charge in [0.2, 0.25) is 0 Å². The normalized spacial score (nSPS) is 15.8. The number of benzene rings is 2. The number of aromatic nitrogens is 2. The number of ether oxygens (including phenoxy) is 1. The molecule has 172 valence electrons. The summed E-state index contributed by atoms with van der Waals surface area (Å²) >= 11 is 0. The van der Waals surface area contributed by atoms with Crippen molar-refractivity contribution in [2.24, 2.45) is 5.92 Å². The average molecular weight is 445 g/mol. The number of amides is 1. The van der Waals surface area contributed by atoms with Gasteiger partial charge in [0.1, 0.15) is 6.61 Å². The van der Waals surface area contributed by atoms with Gasteiger partial charge in [0.15, 0.2) is 0 Å². The lowest BCUT2D eigenvalue weighted by atomic mass is 10.0. The fourth-order valence-corrected chi connectivity index (χ4v) is 4.53. The maximum Gasteiger partial charge on any atom is 0.410 e.